The molecule has 2 aliphatic carbocycles. The second-order valence-corrected chi connectivity index (χ2v) is 9.85. The molecule has 2 aromatic rings. The quantitative estimate of drug-likeness (QED) is 0.502. The van der Waals surface area contributed by atoms with Gasteiger partial charge in [-0.1, -0.05) is 40.2 Å². The molecule has 0 aromatic heterocycles. The Labute approximate surface area is 216 Å². The average Bonchev–Trinajstić information content (AvgIpc) is 3.38. The van der Waals surface area contributed by atoms with Crippen LogP contribution in [-0.2, 0) is 24.6 Å². The van der Waals surface area contributed by atoms with Gasteiger partial charge in [-0.05, 0) is 41.8 Å². The molecule has 2 aromatic carbocycles. The molecule has 3 N–H and O–H groups in total. The first-order valence-corrected chi connectivity index (χ1v) is 12.2. The number of carbonyl (C=O) groups is 1. The fraction of sp³-hybridized carbons (Fsp3) is 0.296. The number of hydrogen-bond donors (Lipinski definition) is 3. The van der Waals surface area contributed by atoms with Crippen LogP contribution in [0.1, 0.15) is 23.5 Å². The summed E-state index contributed by atoms with van der Waals surface area (Å²) in [4.78, 5) is 12.5. The van der Waals surface area contributed by atoms with Crippen molar-refractivity contribution >= 4 is 21.8 Å². The van der Waals surface area contributed by atoms with E-state index < -0.39 is 41.5 Å². The van der Waals surface area contributed by atoms with E-state index in [-0.39, 0.29) is 6.42 Å². The van der Waals surface area contributed by atoms with Crippen LogP contribution < -0.4 is 5.32 Å². The Morgan fingerprint density at radius 2 is 1.97 bits per heavy atom. The van der Waals surface area contributed by atoms with Crippen molar-refractivity contribution in [1.29, 1.82) is 0 Å². The first-order valence-electron chi connectivity index (χ1n) is 11.4. The lowest BCUT2D eigenvalue weighted by molar-refractivity contribution is -0.150. The van der Waals surface area contributed by atoms with Crippen molar-refractivity contribution < 1.29 is 33.6 Å². The third-order valence-corrected chi connectivity index (χ3v) is 7.79. The summed E-state index contributed by atoms with van der Waals surface area (Å²) in [6.45, 7) is -0.760. The summed E-state index contributed by atoms with van der Waals surface area (Å²) in [6, 6.07) is 12.5. The highest BCUT2D eigenvalue weighted by atomic mass is 79.9. The topological polar surface area (TPSA) is 97.2 Å². The molecule has 0 bridgehead atoms. The second-order valence-electron chi connectivity index (χ2n) is 8.94. The SMILES string of the molecule is COC1=CC(OC)=C2C1=COC1(c3ccc(Br)cc3)C(c3cccc(F)c3)CC(NC(=O)CO)C21O. The summed E-state index contributed by atoms with van der Waals surface area (Å²) in [5.41, 5.74) is -1.31. The minimum Gasteiger partial charge on any atom is -0.496 e. The van der Waals surface area contributed by atoms with Crippen LogP contribution in [0, 0.1) is 5.82 Å². The van der Waals surface area contributed by atoms with Gasteiger partial charge in [0.2, 0.25) is 5.91 Å². The lowest BCUT2D eigenvalue weighted by atomic mass is 9.67. The van der Waals surface area contributed by atoms with E-state index in [0.29, 0.717) is 33.8 Å². The zero-order chi connectivity index (χ0) is 25.7. The van der Waals surface area contributed by atoms with Crippen molar-refractivity contribution in [2.45, 2.75) is 29.6 Å². The number of fused-ring (bicyclic) bond motifs is 3. The zero-order valence-corrected chi connectivity index (χ0v) is 21.2. The Morgan fingerprint density at radius 3 is 2.61 bits per heavy atom. The van der Waals surface area contributed by atoms with Crippen LogP contribution in [0.5, 0.6) is 0 Å². The van der Waals surface area contributed by atoms with Gasteiger partial charge < -0.3 is 29.7 Å². The maximum absolute atomic E-state index is 14.4. The molecule has 1 amide bonds. The van der Waals surface area contributed by atoms with E-state index in [1.165, 1.54) is 32.6 Å². The molecule has 3 aliphatic rings. The summed E-state index contributed by atoms with van der Waals surface area (Å²) in [5.74, 6) is -0.905. The van der Waals surface area contributed by atoms with Gasteiger partial charge in [-0.2, -0.15) is 0 Å². The lowest BCUT2D eigenvalue weighted by Gasteiger charge is -2.50. The molecule has 5 rings (SSSR count). The normalized spacial score (nSPS) is 28.5. The fourth-order valence-corrected chi connectivity index (χ4v) is 6.09. The summed E-state index contributed by atoms with van der Waals surface area (Å²) in [7, 11) is 2.98. The van der Waals surface area contributed by atoms with Crippen molar-refractivity contribution in [3.63, 3.8) is 0 Å². The zero-order valence-electron chi connectivity index (χ0n) is 19.6. The van der Waals surface area contributed by atoms with Gasteiger partial charge in [0, 0.05) is 22.0 Å². The number of aliphatic hydroxyl groups excluding tert-OH is 1. The van der Waals surface area contributed by atoms with E-state index in [0.717, 1.165) is 4.47 Å². The van der Waals surface area contributed by atoms with Crippen LogP contribution in [0.4, 0.5) is 4.39 Å². The number of rotatable bonds is 6. The summed E-state index contributed by atoms with van der Waals surface area (Å²) in [5, 5.41) is 25.2. The predicted molar refractivity (Wildman–Crippen MR) is 132 cm³/mol. The number of allylic oxidation sites excluding steroid dienone is 2. The number of carbonyl (C=O) groups excluding carboxylic acids is 1. The Kier molecular flexibility index (Phi) is 6.18. The highest BCUT2D eigenvalue weighted by Gasteiger charge is 2.72. The minimum absolute atomic E-state index is 0.186. The number of amides is 1. The number of ether oxygens (including phenoxy) is 3. The van der Waals surface area contributed by atoms with E-state index in [2.05, 4.69) is 21.2 Å². The van der Waals surface area contributed by atoms with E-state index in [9.17, 15) is 19.4 Å². The third kappa shape index (κ3) is 3.41. The van der Waals surface area contributed by atoms with Gasteiger partial charge in [0.05, 0.1) is 32.1 Å². The van der Waals surface area contributed by atoms with Gasteiger partial charge in [-0.3, -0.25) is 4.79 Å². The third-order valence-electron chi connectivity index (χ3n) is 7.26. The van der Waals surface area contributed by atoms with E-state index in [1.807, 2.05) is 24.3 Å². The molecule has 36 heavy (non-hydrogen) atoms. The van der Waals surface area contributed by atoms with Gasteiger partial charge in [0.25, 0.3) is 0 Å². The molecular weight excluding hydrogens is 533 g/mol. The van der Waals surface area contributed by atoms with E-state index in [1.54, 1.807) is 18.2 Å². The summed E-state index contributed by atoms with van der Waals surface area (Å²) >= 11 is 3.46. The molecule has 4 unspecified atom stereocenters. The molecule has 1 saturated carbocycles. The molecule has 188 valence electrons. The van der Waals surface area contributed by atoms with Crippen molar-refractivity contribution in [3.05, 3.63) is 105 Å². The largest absolute Gasteiger partial charge is 0.496 e. The molecule has 1 fully saturated rings. The van der Waals surface area contributed by atoms with Gasteiger partial charge in [0.1, 0.15) is 23.9 Å². The highest BCUT2D eigenvalue weighted by Crippen LogP contribution is 2.64. The Morgan fingerprint density at radius 1 is 1.22 bits per heavy atom. The van der Waals surface area contributed by atoms with Crippen molar-refractivity contribution in [3.8, 4) is 0 Å². The number of benzene rings is 2. The van der Waals surface area contributed by atoms with Crippen LogP contribution in [0.15, 0.2) is 88.0 Å². The first kappa shape index (κ1) is 24.5. The van der Waals surface area contributed by atoms with E-state index in [4.69, 9.17) is 14.2 Å². The summed E-state index contributed by atoms with van der Waals surface area (Å²) < 4.78 is 33.0. The standard InChI is InChI=1S/C27H25BrFNO6/c1-34-21-12-22(35-2)25-19(21)14-36-27(16-6-8-17(28)9-7-16)20(15-4-3-5-18(29)10-15)11-23(26(25,27)33)30-24(32)13-31/h3-10,12,14,20,23,31,33H,11,13H2,1-2H3,(H,30,32). The molecule has 1 heterocycles. The van der Waals surface area contributed by atoms with Crippen molar-refractivity contribution in [1.82, 2.24) is 5.32 Å². The number of aliphatic hydroxyl groups is 2. The second kappa shape index (κ2) is 9.06. The molecule has 9 heteroatoms. The molecule has 0 saturated heterocycles. The van der Waals surface area contributed by atoms with Crippen LogP contribution in [0.25, 0.3) is 0 Å². The Bertz CT molecular complexity index is 1310. The van der Waals surface area contributed by atoms with Gasteiger partial charge in [0.15, 0.2) is 11.2 Å². The van der Waals surface area contributed by atoms with Crippen LogP contribution in [0.2, 0.25) is 0 Å². The number of methoxy groups -OCH3 is 2. The number of hydrogen-bond acceptors (Lipinski definition) is 6. The monoisotopic (exact) mass is 557 g/mol. The van der Waals surface area contributed by atoms with E-state index >= 15 is 0 Å². The molecule has 4 atom stereocenters. The first-order chi connectivity index (χ1) is 17.3. The maximum atomic E-state index is 14.4. The van der Waals surface area contributed by atoms with Crippen LogP contribution >= 0.6 is 15.9 Å². The summed E-state index contributed by atoms with van der Waals surface area (Å²) in [6.07, 6.45) is 3.36. The van der Waals surface area contributed by atoms with Crippen LogP contribution in [-0.4, -0.2) is 48.6 Å². The minimum atomic E-state index is -1.89. The number of nitrogens with one attached hydrogen (secondary N) is 1. The maximum Gasteiger partial charge on any atom is 0.246 e. The van der Waals surface area contributed by atoms with Gasteiger partial charge >= 0.3 is 0 Å². The van der Waals surface area contributed by atoms with Crippen molar-refractivity contribution in [2.24, 2.45) is 0 Å². The number of halogens is 2. The smallest absolute Gasteiger partial charge is 0.246 e. The highest BCUT2D eigenvalue weighted by molar-refractivity contribution is 9.10. The predicted octanol–water partition coefficient (Wildman–Crippen LogP) is 3.54. The van der Waals surface area contributed by atoms with Gasteiger partial charge in [-0.25, -0.2) is 4.39 Å². The van der Waals surface area contributed by atoms with Crippen LogP contribution in [0.3, 0.4) is 0 Å². The average molecular weight is 558 g/mol. The van der Waals surface area contributed by atoms with Gasteiger partial charge in [-0.15, -0.1) is 0 Å². The molecule has 7 nitrogen and oxygen atoms in total. The Hall–Kier alpha value is -3.14. The molecule has 0 spiro atoms. The molecule has 0 radical (unpaired) electrons. The molecular formula is C27H25BrFNO6. The fourth-order valence-electron chi connectivity index (χ4n) is 5.83. The molecule has 1 aliphatic heterocycles. The Balaban J connectivity index is 1.83. The van der Waals surface area contributed by atoms with Crippen molar-refractivity contribution in [2.75, 3.05) is 20.8 Å². The lowest BCUT2D eigenvalue weighted by Crippen LogP contribution is -2.63.